The Morgan fingerprint density at radius 3 is 1.86 bits per heavy atom. The van der Waals surface area contributed by atoms with E-state index >= 15 is 0 Å². The zero-order valence-electron chi connectivity index (χ0n) is 14.1. The number of rotatable bonds is 14. The molecule has 0 fully saturated rings. The first kappa shape index (κ1) is 19.9. The third-order valence-corrected chi connectivity index (χ3v) is 3.59. The third-order valence-electron chi connectivity index (χ3n) is 3.59. The van der Waals surface area contributed by atoms with Gasteiger partial charge in [0.1, 0.15) is 0 Å². The van der Waals surface area contributed by atoms with Gasteiger partial charge in [-0.2, -0.15) is 0 Å². The Labute approximate surface area is 131 Å². The summed E-state index contributed by atoms with van der Waals surface area (Å²) in [5, 5.41) is 0. The van der Waals surface area contributed by atoms with Crippen molar-refractivity contribution < 1.29 is 9.53 Å². The molecule has 0 spiro atoms. The molecule has 0 atom stereocenters. The molecule has 0 heterocycles. The molecule has 0 aliphatic carbocycles. The molecular weight excluding hydrogens is 260 g/mol. The molecule has 0 aliphatic heterocycles. The van der Waals surface area contributed by atoms with Crippen LogP contribution in [0.4, 0.5) is 0 Å². The molecule has 2 heteroatoms. The van der Waals surface area contributed by atoms with E-state index in [0.717, 1.165) is 19.3 Å². The van der Waals surface area contributed by atoms with Crippen molar-refractivity contribution >= 4 is 5.97 Å². The Morgan fingerprint density at radius 2 is 1.33 bits per heavy atom. The van der Waals surface area contributed by atoms with E-state index in [1.54, 1.807) is 0 Å². The van der Waals surface area contributed by atoms with Gasteiger partial charge < -0.3 is 4.74 Å². The molecule has 0 N–H and O–H groups in total. The fraction of sp³-hybridized carbons (Fsp3) is 0.737. The molecular formula is C19H34O2. The van der Waals surface area contributed by atoms with E-state index in [2.05, 4.69) is 36.0 Å². The van der Waals surface area contributed by atoms with Gasteiger partial charge in [0.2, 0.25) is 0 Å². The monoisotopic (exact) mass is 294 g/mol. The third kappa shape index (κ3) is 16.9. The van der Waals surface area contributed by atoms with Crippen LogP contribution in [0.2, 0.25) is 0 Å². The second-order valence-corrected chi connectivity index (χ2v) is 5.59. The number of hydrogen-bond donors (Lipinski definition) is 0. The summed E-state index contributed by atoms with van der Waals surface area (Å²) in [7, 11) is 1.45. The molecule has 21 heavy (non-hydrogen) atoms. The molecule has 0 rings (SSSR count). The van der Waals surface area contributed by atoms with E-state index < -0.39 is 0 Å². The smallest absolute Gasteiger partial charge is 0.305 e. The van der Waals surface area contributed by atoms with Crippen molar-refractivity contribution in [3.63, 3.8) is 0 Å². The van der Waals surface area contributed by atoms with Crippen LogP contribution in [0.25, 0.3) is 0 Å². The lowest BCUT2D eigenvalue weighted by atomic mass is 10.1. The highest BCUT2D eigenvalue weighted by atomic mass is 16.5. The summed E-state index contributed by atoms with van der Waals surface area (Å²) in [6, 6.07) is 0. The van der Waals surface area contributed by atoms with Gasteiger partial charge in [-0.25, -0.2) is 0 Å². The highest BCUT2D eigenvalue weighted by molar-refractivity contribution is 5.68. The largest absolute Gasteiger partial charge is 0.469 e. The Balaban J connectivity index is 3.23. The van der Waals surface area contributed by atoms with Gasteiger partial charge in [-0.15, -0.1) is 0 Å². The topological polar surface area (TPSA) is 26.3 Å². The van der Waals surface area contributed by atoms with Crippen molar-refractivity contribution in [1.82, 2.24) is 0 Å². The van der Waals surface area contributed by atoms with E-state index in [-0.39, 0.29) is 5.97 Å². The number of carbonyl (C=O) groups is 1. The molecule has 0 aromatic carbocycles. The molecule has 122 valence electrons. The minimum Gasteiger partial charge on any atom is -0.469 e. The summed E-state index contributed by atoms with van der Waals surface area (Å²) < 4.78 is 4.61. The minimum atomic E-state index is -0.0882. The van der Waals surface area contributed by atoms with Crippen molar-refractivity contribution in [2.45, 2.75) is 84.0 Å². The first-order valence-electron chi connectivity index (χ1n) is 8.69. The lowest BCUT2D eigenvalue weighted by Crippen LogP contribution is -1.98. The van der Waals surface area contributed by atoms with Crippen LogP contribution >= 0.6 is 0 Å². The first-order chi connectivity index (χ1) is 10.3. The van der Waals surface area contributed by atoms with Gasteiger partial charge in [-0.05, 0) is 32.1 Å². The molecule has 0 aromatic heterocycles. The van der Waals surface area contributed by atoms with Gasteiger partial charge in [0.15, 0.2) is 0 Å². The van der Waals surface area contributed by atoms with Gasteiger partial charge in [0.25, 0.3) is 0 Å². The first-order valence-corrected chi connectivity index (χ1v) is 8.69. The number of allylic oxidation sites excluding steroid dienone is 4. The van der Waals surface area contributed by atoms with Gasteiger partial charge in [-0.3, -0.25) is 4.79 Å². The molecule has 0 saturated carbocycles. The lowest BCUT2D eigenvalue weighted by molar-refractivity contribution is -0.140. The number of esters is 1. The van der Waals surface area contributed by atoms with Gasteiger partial charge in [0.05, 0.1) is 7.11 Å². The maximum atomic E-state index is 10.9. The van der Waals surface area contributed by atoms with Crippen molar-refractivity contribution in [2.75, 3.05) is 7.11 Å². The van der Waals surface area contributed by atoms with Gasteiger partial charge >= 0.3 is 5.97 Å². The Hall–Kier alpha value is -1.05. The summed E-state index contributed by atoms with van der Waals surface area (Å²) in [6.45, 7) is 2.25. The van der Waals surface area contributed by atoms with E-state index in [0.29, 0.717) is 6.42 Å². The summed E-state index contributed by atoms with van der Waals surface area (Å²) in [5.74, 6) is -0.0882. The number of unbranched alkanes of at least 4 members (excludes halogenated alkanes) is 9. The van der Waals surface area contributed by atoms with Crippen LogP contribution < -0.4 is 0 Å². The molecule has 2 nitrogen and oxygen atoms in total. The normalized spacial score (nSPS) is 11.5. The quantitative estimate of drug-likeness (QED) is 0.224. The molecule has 0 aliphatic rings. The lowest BCUT2D eigenvalue weighted by Gasteiger charge is -1.99. The van der Waals surface area contributed by atoms with Crippen molar-refractivity contribution in [3.05, 3.63) is 24.3 Å². The summed E-state index contributed by atoms with van der Waals surface area (Å²) in [6.07, 6.45) is 23.0. The summed E-state index contributed by atoms with van der Waals surface area (Å²) in [4.78, 5) is 10.9. The summed E-state index contributed by atoms with van der Waals surface area (Å²) >= 11 is 0. The molecule has 0 amide bonds. The van der Waals surface area contributed by atoms with E-state index in [9.17, 15) is 4.79 Å². The Kier molecular flexibility index (Phi) is 16.2. The number of methoxy groups -OCH3 is 1. The average molecular weight is 294 g/mol. The summed E-state index contributed by atoms with van der Waals surface area (Å²) in [5.41, 5.74) is 0. The predicted molar refractivity (Wildman–Crippen MR) is 91.4 cm³/mol. The second-order valence-electron chi connectivity index (χ2n) is 5.59. The van der Waals surface area contributed by atoms with E-state index in [1.807, 2.05) is 0 Å². The Bertz CT molecular complexity index is 279. The predicted octanol–water partition coefficient (Wildman–Crippen LogP) is 5.97. The van der Waals surface area contributed by atoms with Gasteiger partial charge in [-0.1, -0.05) is 69.8 Å². The standard InChI is InChI=1S/C19H34O2/c1-3-4-5-6-7-8-9-10-11-12-13-14-15-16-17-18-19(20)21-2/h9-12H,3-8,13-18H2,1-2H3/b10-9+,12-11+. The Morgan fingerprint density at radius 1 is 0.810 bits per heavy atom. The van der Waals surface area contributed by atoms with Crippen LogP contribution in [0, 0.1) is 0 Å². The maximum Gasteiger partial charge on any atom is 0.305 e. The molecule has 0 aromatic rings. The van der Waals surface area contributed by atoms with Crippen LogP contribution in [-0.4, -0.2) is 13.1 Å². The highest BCUT2D eigenvalue weighted by Crippen LogP contribution is 2.07. The fourth-order valence-electron chi connectivity index (χ4n) is 2.20. The SMILES string of the molecule is CCCCCCC/C=C/C=C/CCCCCCC(=O)OC. The minimum absolute atomic E-state index is 0.0882. The van der Waals surface area contributed by atoms with Crippen molar-refractivity contribution in [2.24, 2.45) is 0 Å². The van der Waals surface area contributed by atoms with Crippen molar-refractivity contribution in [3.8, 4) is 0 Å². The number of hydrogen-bond acceptors (Lipinski definition) is 2. The molecule has 0 radical (unpaired) electrons. The van der Waals surface area contributed by atoms with Crippen LogP contribution in [0.1, 0.15) is 84.0 Å². The molecule has 0 bridgehead atoms. The number of carbonyl (C=O) groups excluding carboxylic acids is 1. The van der Waals surface area contributed by atoms with E-state index in [1.165, 1.54) is 58.5 Å². The van der Waals surface area contributed by atoms with Crippen LogP contribution in [0.3, 0.4) is 0 Å². The number of ether oxygens (including phenoxy) is 1. The van der Waals surface area contributed by atoms with E-state index in [4.69, 9.17) is 0 Å². The molecule has 0 saturated heterocycles. The second kappa shape index (κ2) is 17.0. The zero-order valence-corrected chi connectivity index (χ0v) is 14.1. The fourth-order valence-corrected chi connectivity index (χ4v) is 2.20. The molecule has 0 unspecified atom stereocenters. The average Bonchev–Trinajstić information content (AvgIpc) is 2.50. The van der Waals surface area contributed by atoms with Crippen LogP contribution in [-0.2, 0) is 9.53 Å². The van der Waals surface area contributed by atoms with Crippen LogP contribution in [0.5, 0.6) is 0 Å². The van der Waals surface area contributed by atoms with Crippen molar-refractivity contribution in [1.29, 1.82) is 0 Å². The van der Waals surface area contributed by atoms with Gasteiger partial charge in [0, 0.05) is 6.42 Å². The maximum absolute atomic E-state index is 10.9. The zero-order chi connectivity index (χ0) is 15.6. The highest BCUT2D eigenvalue weighted by Gasteiger charge is 1.98. The van der Waals surface area contributed by atoms with Crippen LogP contribution in [0.15, 0.2) is 24.3 Å².